The zero-order valence-electron chi connectivity index (χ0n) is 13.8. The lowest BCUT2D eigenvalue weighted by molar-refractivity contribution is -0.137. The Morgan fingerprint density at radius 1 is 1.25 bits per heavy atom. The summed E-state index contributed by atoms with van der Waals surface area (Å²) in [5, 5.41) is 0. The minimum Gasteiger partial charge on any atom is -0.301 e. The lowest BCUT2D eigenvalue weighted by Crippen LogP contribution is -2.41. The number of rotatable bonds is 5. The Morgan fingerprint density at radius 2 is 1.88 bits per heavy atom. The number of alkyl halides is 3. The van der Waals surface area contributed by atoms with Gasteiger partial charge in [-0.25, -0.2) is 13.1 Å². The van der Waals surface area contributed by atoms with Crippen molar-refractivity contribution in [3.05, 3.63) is 29.8 Å². The predicted octanol–water partition coefficient (Wildman–Crippen LogP) is 3.10. The molecule has 8 heteroatoms. The predicted molar refractivity (Wildman–Crippen MR) is 86.1 cm³/mol. The number of sulfonamides is 1. The molecule has 0 saturated carbocycles. The van der Waals surface area contributed by atoms with Crippen LogP contribution in [0.5, 0.6) is 0 Å². The van der Waals surface area contributed by atoms with E-state index in [4.69, 9.17) is 0 Å². The maximum atomic E-state index is 12.7. The fraction of sp³-hybridized carbons (Fsp3) is 0.625. The van der Waals surface area contributed by atoms with Crippen LogP contribution in [0.1, 0.15) is 32.3 Å². The van der Waals surface area contributed by atoms with Crippen LogP contribution in [0.2, 0.25) is 0 Å². The molecule has 4 nitrogen and oxygen atoms in total. The van der Waals surface area contributed by atoms with Gasteiger partial charge < -0.3 is 4.90 Å². The summed E-state index contributed by atoms with van der Waals surface area (Å²) in [5.74, 6) is 0.209. The van der Waals surface area contributed by atoms with Crippen molar-refractivity contribution in [2.75, 3.05) is 19.6 Å². The first-order valence-electron chi connectivity index (χ1n) is 8.00. The van der Waals surface area contributed by atoms with Crippen LogP contribution in [0.25, 0.3) is 0 Å². The minimum absolute atomic E-state index is 0.209. The van der Waals surface area contributed by atoms with Gasteiger partial charge in [-0.15, -0.1) is 0 Å². The molecule has 0 amide bonds. The Labute approximate surface area is 141 Å². The van der Waals surface area contributed by atoms with E-state index in [-0.39, 0.29) is 17.4 Å². The molecule has 1 aromatic rings. The smallest absolute Gasteiger partial charge is 0.301 e. The molecule has 1 aliphatic heterocycles. The molecule has 24 heavy (non-hydrogen) atoms. The Kier molecular flexibility index (Phi) is 5.93. The van der Waals surface area contributed by atoms with E-state index in [1.165, 1.54) is 6.07 Å². The Morgan fingerprint density at radius 3 is 2.42 bits per heavy atom. The number of hydrogen-bond acceptors (Lipinski definition) is 3. The quantitative estimate of drug-likeness (QED) is 0.873. The zero-order valence-corrected chi connectivity index (χ0v) is 14.6. The molecule has 2 rings (SSSR count). The van der Waals surface area contributed by atoms with Crippen LogP contribution in [-0.2, 0) is 16.2 Å². The first-order chi connectivity index (χ1) is 11.1. The molecule has 1 saturated heterocycles. The van der Waals surface area contributed by atoms with Crippen molar-refractivity contribution >= 4 is 10.0 Å². The van der Waals surface area contributed by atoms with Gasteiger partial charge in [0, 0.05) is 12.6 Å². The van der Waals surface area contributed by atoms with E-state index < -0.39 is 21.8 Å². The van der Waals surface area contributed by atoms with Crippen molar-refractivity contribution in [2.45, 2.75) is 43.8 Å². The van der Waals surface area contributed by atoms with Crippen LogP contribution in [0.4, 0.5) is 13.2 Å². The van der Waals surface area contributed by atoms with Crippen molar-refractivity contribution < 1.29 is 21.6 Å². The standard InChI is InChI=1S/C16H23F3N2O2S/c1-12(2)21-8-6-13(7-9-21)11-20-24(22,23)15-5-3-4-14(10-15)16(17,18)19/h3-5,10,12-13,20H,6-9,11H2,1-2H3. The molecule has 1 fully saturated rings. The van der Waals surface area contributed by atoms with Gasteiger partial charge in [0.1, 0.15) is 0 Å². The molecule has 0 bridgehead atoms. The van der Waals surface area contributed by atoms with Gasteiger partial charge in [-0.1, -0.05) is 6.07 Å². The second-order valence-corrected chi connectivity index (χ2v) is 8.22. The Bertz CT molecular complexity index is 652. The number of hydrogen-bond donors (Lipinski definition) is 1. The number of nitrogens with one attached hydrogen (secondary N) is 1. The van der Waals surface area contributed by atoms with Crippen LogP contribution in [0.15, 0.2) is 29.2 Å². The van der Waals surface area contributed by atoms with Gasteiger partial charge in [0.05, 0.1) is 10.5 Å². The number of halogens is 3. The topological polar surface area (TPSA) is 49.4 Å². The summed E-state index contributed by atoms with van der Waals surface area (Å²) in [4.78, 5) is 1.98. The molecule has 0 aliphatic carbocycles. The van der Waals surface area contributed by atoms with Gasteiger partial charge in [0.25, 0.3) is 0 Å². The van der Waals surface area contributed by atoms with E-state index in [1.54, 1.807) is 0 Å². The van der Waals surface area contributed by atoms with Crippen LogP contribution < -0.4 is 4.72 Å². The van der Waals surface area contributed by atoms with E-state index in [9.17, 15) is 21.6 Å². The third-order valence-corrected chi connectivity index (χ3v) is 5.83. The lowest BCUT2D eigenvalue weighted by Gasteiger charge is -2.34. The van der Waals surface area contributed by atoms with Crippen molar-refractivity contribution in [3.63, 3.8) is 0 Å². The first kappa shape index (κ1) is 19.2. The highest BCUT2D eigenvalue weighted by Gasteiger charge is 2.32. The molecule has 1 N–H and O–H groups in total. The number of nitrogens with zero attached hydrogens (tertiary/aromatic N) is 1. The van der Waals surface area contributed by atoms with Crippen molar-refractivity contribution in [1.82, 2.24) is 9.62 Å². The van der Waals surface area contributed by atoms with E-state index in [2.05, 4.69) is 23.5 Å². The maximum Gasteiger partial charge on any atom is 0.416 e. The minimum atomic E-state index is -4.56. The Balaban J connectivity index is 1.97. The molecule has 1 heterocycles. The van der Waals surface area contributed by atoms with E-state index >= 15 is 0 Å². The molecule has 136 valence electrons. The summed E-state index contributed by atoms with van der Waals surface area (Å²) in [6.45, 7) is 6.32. The van der Waals surface area contributed by atoms with E-state index in [0.717, 1.165) is 38.1 Å². The first-order valence-corrected chi connectivity index (χ1v) is 9.49. The summed E-state index contributed by atoms with van der Waals surface area (Å²) >= 11 is 0. The molecular formula is C16H23F3N2O2S. The normalized spacial score (nSPS) is 18.2. The summed E-state index contributed by atoms with van der Waals surface area (Å²) < 4.78 is 65.1. The van der Waals surface area contributed by atoms with Gasteiger partial charge in [0.2, 0.25) is 10.0 Å². The summed E-state index contributed by atoms with van der Waals surface area (Å²) in [6, 6.07) is 4.29. The zero-order chi connectivity index (χ0) is 18.0. The van der Waals surface area contributed by atoms with Gasteiger partial charge in [-0.2, -0.15) is 13.2 Å². The second-order valence-electron chi connectivity index (χ2n) is 6.45. The second kappa shape index (κ2) is 7.41. The highest BCUT2D eigenvalue weighted by Crippen LogP contribution is 2.30. The van der Waals surface area contributed by atoms with Crippen LogP contribution >= 0.6 is 0 Å². The SMILES string of the molecule is CC(C)N1CCC(CNS(=O)(=O)c2cccc(C(F)(F)F)c2)CC1. The number of likely N-dealkylation sites (tertiary alicyclic amines) is 1. The van der Waals surface area contributed by atoms with Gasteiger partial charge in [-0.3, -0.25) is 0 Å². The molecule has 1 aromatic carbocycles. The average molecular weight is 364 g/mol. The van der Waals surface area contributed by atoms with E-state index in [0.29, 0.717) is 12.1 Å². The van der Waals surface area contributed by atoms with E-state index in [1.807, 2.05) is 0 Å². The van der Waals surface area contributed by atoms with Crippen molar-refractivity contribution in [1.29, 1.82) is 0 Å². The monoisotopic (exact) mass is 364 g/mol. The number of piperidine rings is 1. The summed E-state index contributed by atoms with van der Waals surface area (Å²) in [6.07, 6.45) is -2.80. The Hall–Kier alpha value is -1.12. The largest absolute Gasteiger partial charge is 0.416 e. The molecule has 0 radical (unpaired) electrons. The summed E-state index contributed by atoms with van der Waals surface area (Å²) in [5.41, 5.74) is -0.962. The molecule has 0 atom stereocenters. The van der Waals surface area contributed by atoms with Crippen molar-refractivity contribution in [2.24, 2.45) is 5.92 Å². The molecule has 0 aromatic heterocycles. The molecular weight excluding hydrogens is 341 g/mol. The van der Waals surface area contributed by atoms with Gasteiger partial charge in [0.15, 0.2) is 0 Å². The van der Waals surface area contributed by atoms with Gasteiger partial charge in [-0.05, 0) is 63.9 Å². The molecule has 0 spiro atoms. The van der Waals surface area contributed by atoms with Crippen LogP contribution in [-0.4, -0.2) is 39.0 Å². The number of benzene rings is 1. The fourth-order valence-corrected chi connectivity index (χ4v) is 3.99. The molecule has 0 unspecified atom stereocenters. The lowest BCUT2D eigenvalue weighted by atomic mass is 9.96. The average Bonchev–Trinajstić information content (AvgIpc) is 2.53. The third kappa shape index (κ3) is 4.94. The third-order valence-electron chi connectivity index (χ3n) is 4.41. The molecule has 1 aliphatic rings. The fourth-order valence-electron chi connectivity index (χ4n) is 2.82. The van der Waals surface area contributed by atoms with Gasteiger partial charge >= 0.3 is 6.18 Å². The highest BCUT2D eigenvalue weighted by atomic mass is 32.2. The van der Waals surface area contributed by atoms with Crippen LogP contribution in [0.3, 0.4) is 0 Å². The summed E-state index contributed by atoms with van der Waals surface area (Å²) in [7, 11) is -3.94. The van der Waals surface area contributed by atoms with Crippen LogP contribution in [0, 0.1) is 5.92 Å². The maximum absolute atomic E-state index is 12.7. The van der Waals surface area contributed by atoms with Crippen molar-refractivity contribution in [3.8, 4) is 0 Å². The highest BCUT2D eigenvalue weighted by molar-refractivity contribution is 7.89.